The average molecular weight is 282 g/mol. The third-order valence-electron chi connectivity index (χ3n) is 3.33. The van der Waals surface area contributed by atoms with Crippen LogP contribution in [0.1, 0.15) is 36.0 Å². The summed E-state index contributed by atoms with van der Waals surface area (Å²) in [6, 6.07) is 5.67. The fourth-order valence-corrected chi connectivity index (χ4v) is 2.17. The monoisotopic (exact) mass is 282 g/mol. The summed E-state index contributed by atoms with van der Waals surface area (Å²) >= 11 is 0. The number of nitrogens with zero attached hydrogens (tertiary/aromatic N) is 5. The van der Waals surface area contributed by atoms with Gasteiger partial charge in [-0.2, -0.15) is 5.26 Å². The number of amides is 1. The molecular weight excluding hydrogens is 268 g/mol. The fourth-order valence-electron chi connectivity index (χ4n) is 2.17. The summed E-state index contributed by atoms with van der Waals surface area (Å²) in [4.78, 5) is 16.0. The van der Waals surface area contributed by atoms with Crippen molar-refractivity contribution in [1.82, 2.24) is 19.7 Å². The number of carbonyl (C=O) groups is 1. The minimum absolute atomic E-state index is 0.171. The van der Waals surface area contributed by atoms with E-state index in [9.17, 15) is 4.79 Å². The topological polar surface area (TPSA) is 96.5 Å². The summed E-state index contributed by atoms with van der Waals surface area (Å²) in [6.45, 7) is 1.88. The molecule has 1 N–H and O–H groups in total. The standard InChI is InChI=1S/C14H14N6O/c1-9-18-19-14(20(9)12-4-5-12)17-13(21)6-10-2-3-11(7-15)16-8-10/h2-3,8,12H,4-6H2,1H3,(H,17,19,21). The number of nitrogens with one attached hydrogen (secondary N) is 1. The van der Waals surface area contributed by atoms with Gasteiger partial charge in [-0.15, -0.1) is 10.2 Å². The maximum Gasteiger partial charge on any atom is 0.231 e. The fraction of sp³-hybridized carbons (Fsp3) is 0.357. The van der Waals surface area contributed by atoms with E-state index < -0.39 is 0 Å². The molecule has 2 aromatic rings. The first-order chi connectivity index (χ1) is 10.2. The van der Waals surface area contributed by atoms with E-state index in [-0.39, 0.29) is 12.3 Å². The number of anilines is 1. The maximum absolute atomic E-state index is 12.1. The molecule has 0 bridgehead atoms. The lowest BCUT2D eigenvalue weighted by atomic mass is 10.2. The third-order valence-corrected chi connectivity index (χ3v) is 3.33. The SMILES string of the molecule is Cc1nnc(NC(=O)Cc2ccc(C#N)nc2)n1C1CC1. The van der Waals surface area contributed by atoms with E-state index in [1.54, 1.807) is 12.1 Å². The molecule has 21 heavy (non-hydrogen) atoms. The van der Waals surface area contributed by atoms with Gasteiger partial charge in [-0.25, -0.2) is 4.98 Å². The Bertz CT molecular complexity index is 708. The van der Waals surface area contributed by atoms with Gasteiger partial charge in [-0.05, 0) is 31.4 Å². The Hall–Kier alpha value is -2.75. The van der Waals surface area contributed by atoms with Gasteiger partial charge in [0.1, 0.15) is 17.6 Å². The number of hydrogen-bond acceptors (Lipinski definition) is 5. The summed E-state index contributed by atoms with van der Waals surface area (Å²) in [5.41, 5.74) is 1.09. The van der Waals surface area contributed by atoms with Crippen LogP contribution in [0, 0.1) is 18.3 Å². The van der Waals surface area contributed by atoms with Crippen molar-refractivity contribution in [2.75, 3.05) is 5.32 Å². The van der Waals surface area contributed by atoms with E-state index in [4.69, 9.17) is 5.26 Å². The second-order valence-electron chi connectivity index (χ2n) is 5.06. The molecule has 0 saturated heterocycles. The van der Waals surface area contributed by atoms with Crippen LogP contribution in [0.15, 0.2) is 18.3 Å². The molecule has 0 radical (unpaired) electrons. The van der Waals surface area contributed by atoms with Crippen LogP contribution in [0.25, 0.3) is 0 Å². The smallest absolute Gasteiger partial charge is 0.231 e. The summed E-state index contributed by atoms with van der Waals surface area (Å²) in [5.74, 6) is 1.14. The van der Waals surface area contributed by atoms with Gasteiger partial charge < -0.3 is 0 Å². The molecule has 0 atom stereocenters. The van der Waals surface area contributed by atoms with Crippen molar-refractivity contribution in [3.63, 3.8) is 0 Å². The van der Waals surface area contributed by atoms with E-state index in [1.807, 2.05) is 17.6 Å². The number of carbonyl (C=O) groups excluding carboxylic acids is 1. The van der Waals surface area contributed by atoms with Crippen LogP contribution < -0.4 is 5.32 Å². The van der Waals surface area contributed by atoms with Gasteiger partial charge in [0.05, 0.1) is 6.42 Å². The van der Waals surface area contributed by atoms with Crippen LogP contribution in [-0.4, -0.2) is 25.7 Å². The van der Waals surface area contributed by atoms with Crippen molar-refractivity contribution in [1.29, 1.82) is 5.26 Å². The van der Waals surface area contributed by atoms with Gasteiger partial charge in [-0.3, -0.25) is 14.7 Å². The van der Waals surface area contributed by atoms with E-state index in [1.165, 1.54) is 6.20 Å². The van der Waals surface area contributed by atoms with Crippen LogP contribution >= 0.6 is 0 Å². The Kier molecular flexibility index (Phi) is 3.36. The largest absolute Gasteiger partial charge is 0.294 e. The van der Waals surface area contributed by atoms with E-state index >= 15 is 0 Å². The second-order valence-corrected chi connectivity index (χ2v) is 5.06. The van der Waals surface area contributed by atoms with E-state index in [0.717, 1.165) is 24.2 Å². The first-order valence-corrected chi connectivity index (χ1v) is 6.74. The molecule has 1 amide bonds. The van der Waals surface area contributed by atoms with Crippen molar-refractivity contribution in [2.45, 2.75) is 32.2 Å². The molecule has 7 heteroatoms. The predicted molar refractivity (Wildman–Crippen MR) is 74.3 cm³/mol. The van der Waals surface area contributed by atoms with Crippen molar-refractivity contribution < 1.29 is 4.79 Å². The van der Waals surface area contributed by atoms with Crippen molar-refractivity contribution >= 4 is 11.9 Å². The molecule has 1 fully saturated rings. The number of nitriles is 1. The second kappa shape index (κ2) is 5.32. The molecule has 0 spiro atoms. The molecule has 2 heterocycles. The zero-order valence-electron chi connectivity index (χ0n) is 11.6. The Morgan fingerprint density at radius 1 is 1.48 bits per heavy atom. The van der Waals surface area contributed by atoms with Crippen LogP contribution in [0.5, 0.6) is 0 Å². The highest BCUT2D eigenvalue weighted by molar-refractivity contribution is 5.90. The number of aromatic nitrogens is 4. The van der Waals surface area contributed by atoms with Gasteiger partial charge in [0.25, 0.3) is 0 Å². The summed E-state index contributed by atoms with van der Waals surface area (Å²) < 4.78 is 1.97. The quantitative estimate of drug-likeness (QED) is 0.913. The highest BCUT2D eigenvalue weighted by Crippen LogP contribution is 2.37. The summed E-state index contributed by atoms with van der Waals surface area (Å²) in [7, 11) is 0. The lowest BCUT2D eigenvalue weighted by molar-refractivity contribution is -0.115. The normalized spacial score (nSPS) is 13.7. The number of pyridine rings is 1. The Morgan fingerprint density at radius 2 is 2.29 bits per heavy atom. The van der Waals surface area contributed by atoms with Crippen LogP contribution in [0.2, 0.25) is 0 Å². The molecule has 0 aromatic carbocycles. The molecule has 0 aliphatic heterocycles. The number of aryl methyl sites for hydroxylation is 1. The van der Waals surface area contributed by atoms with Crippen LogP contribution in [0.3, 0.4) is 0 Å². The van der Waals surface area contributed by atoms with Crippen molar-refractivity contribution in [3.8, 4) is 6.07 Å². The zero-order valence-corrected chi connectivity index (χ0v) is 11.6. The minimum atomic E-state index is -0.171. The van der Waals surface area contributed by atoms with Crippen LogP contribution in [-0.2, 0) is 11.2 Å². The minimum Gasteiger partial charge on any atom is -0.294 e. The lowest BCUT2D eigenvalue weighted by Crippen LogP contribution is -2.18. The Labute approximate surface area is 121 Å². The van der Waals surface area contributed by atoms with E-state index in [2.05, 4.69) is 20.5 Å². The number of rotatable bonds is 4. The predicted octanol–water partition coefficient (Wildman–Crippen LogP) is 1.37. The van der Waals surface area contributed by atoms with Crippen molar-refractivity contribution in [3.05, 3.63) is 35.4 Å². The average Bonchev–Trinajstić information content (AvgIpc) is 3.25. The molecular formula is C14H14N6O. The van der Waals surface area contributed by atoms with Gasteiger partial charge in [0, 0.05) is 12.2 Å². The Balaban J connectivity index is 1.67. The summed E-state index contributed by atoms with van der Waals surface area (Å²) in [5, 5.41) is 19.5. The molecule has 7 nitrogen and oxygen atoms in total. The van der Waals surface area contributed by atoms with Crippen molar-refractivity contribution in [2.24, 2.45) is 0 Å². The van der Waals surface area contributed by atoms with Crippen LogP contribution in [0.4, 0.5) is 5.95 Å². The molecule has 106 valence electrons. The first kappa shape index (κ1) is 13.2. The Morgan fingerprint density at radius 3 is 2.90 bits per heavy atom. The zero-order chi connectivity index (χ0) is 14.8. The lowest BCUT2D eigenvalue weighted by Gasteiger charge is -2.08. The van der Waals surface area contributed by atoms with Gasteiger partial charge in [0.15, 0.2) is 0 Å². The highest BCUT2D eigenvalue weighted by atomic mass is 16.1. The van der Waals surface area contributed by atoms with Gasteiger partial charge >= 0.3 is 0 Å². The first-order valence-electron chi connectivity index (χ1n) is 6.74. The highest BCUT2D eigenvalue weighted by Gasteiger charge is 2.28. The molecule has 1 saturated carbocycles. The third kappa shape index (κ3) is 2.89. The molecule has 0 unspecified atom stereocenters. The molecule has 1 aliphatic carbocycles. The van der Waals surface area contributed by atoms with Gasteiger partial charge in [-0.1, -0.05) is 6.07 Å². The molecule has 3 rings (SSSR count). The van der Waals surface area contributed by atoms with Gasteiger partial charge in [0.2, 0.25) is 11.9 Å². The summed E-state index contributed by atoms with van der Waals surface area (Å²) in [6.07, 6.45) is 3.92. The molecule has 1 aliphatic rings. The number of hydrogen-bond donors (Lipinski definition) is 1. The molecule has 2 aromatic heterocycles. The maximum atomic E-state index is 12.1. The van der Waals surface area contributed by atoms with E-state index in [0.29, 0.717) is 17.7 Å².